The Bertz CT molecular complexity index is 1060. The molecule has 1 aromatic carbocycles. The van der Waals surface area contributed by atoms with Crippen LogP contribution in [0.4, 0.5) is 0 Å². The normalized spacial score (nSPS) is 10.7. The summed E-state index contributed by atoms with van der Waals surface area (Å²) in [6.45, 7) is 4.08. The van der Waals surface area contributed by atoms with Crippen molar-refractivity contribution >= 4 is 21.6 Å². The molecule has 0 aliphatic heterocycles. The summed E-state index contributed by atoms with van der Waals surface area (Å²) < 4.78 is 12.2. The summed E-state index contributed by atoms with van der Waals surface area (Å²) in [4.78, 5) is 19.5. The van der Waals surface area contributed by atoms with Crippen LogP contribution in [-0.2, 0) is 6.54 Å². The van der Waals surface area contributed by atoms with E-state index in [0.717, 1.165) is 20.8 Å². The van der Waals surface area contributed by atoms with Gasteiger partial charge >= 0.3 is 0 Å². The second-order valence-electron chi connectivity index (χ2n) is 5.56. The number of fused-ring (bicyclic) bond motifs is 1. The molecule has 0 aliphatic rings. The maximum atomic E-state index is 13.0. The average molecular weight is 354 g/mol. The molecule has 2 heterocycles. The van der Waals surface area contributed by atoms with Crippen molar-refractivity contribution < 1.29 is 9.47 Å². The van der Waals surface area contributed by atoms with E-state index in [4.69, 9.17) is 20.9 Å². The van der Waals surface area contributed by atoms with Gasteiger partial charge in [-0.25, -0.2) is 4.98 Å². The van der Waals surface area contributed by atoms with E-state index in [1.807, 2.05) is 19.9 Å². The minimum absolute atomic E-state index is 0.116. The van der Waals surface area contributed by atoms with Crippen molar-refractivity contribution in [1.29, 1.82) is 0 Å². The van der Waals surface area contributed by atoms with Crippen molar-refractivity contribution in [2.45, 2.75) is 20.4 Å². The van der Waals surface area contributed by atoms with Crippen LogP contribution in [0.2, 0.25) is 0 Å². The average Bonchev–Trinajstić information content (AvgIpc) is 2.91. The highest BCUT2D eigenvalue weighted by Gasteiger charge is 2.18. The van der Waals surface area contributed by atoms with Crippen molar-refractivity contribution in [2.24, 2.45) is 0 Å². The Balaban J connectivity index is 2.34. The Morgan fingerprint density at radius 3 is 2.60 bits per heavy atom. The Kier molecular flexibility index (Phi) is 4.51. The first-order chi connectivity index (χ1) is 12.0. The number of aryl methyl sites for hydroxylation is 2. The van der Waals surface area contributed by atoms with Gasteiger partial charge in [0.2, 0.25) is 0 Å². The molecule has 2 aromatic heterocycles. The van der Waals surface area contributed by atoms with Gasteiger partial charge in [-0.15, -0.1) is 17.8 Å². The molecular formula is C19H18N2O3S. The smallest absolute Gasteiger partial charge is 0.263 e. The summed E-state index contributed by atoms with van der Waals surface area (Å²) in [5.74, 6) is 4.25. The lowest BCUT2D eigenvalue weighted by Gasteiger charge is -2.13. The first-order valence-corrected chi connectivity index (χ1v) is 8.49. The zero-order chi connectivity index (χ0) is 18.1. The van der Waals surface area contributed by atoms with Crippen LogP contribution in [0.15, 0.2) is 23.0 Å². The minimum Gasteiger partial charge on any atom is -0.493 e. The SMILES string of the molecule is C#CCn1c(-c2ccc(OC)c(OC)c2)nc2sc(C)c(C)c2c1=O. The molecule has 0 radical (unpaired) electrons. The van der Waals surface area contributed by atoms with Gasteiger partial charge in [0.25, 0.3) is 5.56 Å². The number of aromatic nitrogens is 2. The van der Waals surface area contributed by atoms with E-state index < -0.39 is 0 Å². The summed E-state index contributed by atoms with van der Waals surface area (Å²) in [5.41, 5.74) is 1.59. The highest BCUT2D eigenvalue weighted by Crippen LogP contribution is 2.33. The number of rotatable bonds is 4. The van der Waals surface area contributed by atoms with Gasteiger partial charge in [0.15, 0.2) is 11.5 Å². The molecule has 0 saturated carbocycles. The molecule has 0 amide bonds. The van der Waals surface area contributed by atoms with Crippen molar-refractivity contribution in [3.05, 3.63) is 39.0 Å². The molecule has 5 nitrogen and oxygen atoms in total. The molecular weight excluding hydrogens is 336 g/mol. The Hall–Kier alpha value is -2.78. The van der Waals surface area contributed by atoms with Crippen LogP contribution < -0.4 is 15.0 Å². The summed E-state index contributed by atoms with van der Waals surface area (Å²) in [6, 6.07) is 5.43. The monoisotopic (exact) mass is 354 g/mol. The lowest BCUT2D eigenvalue weighted by Crippen LogP contribution is -2.23. The quantitative estimate of drug-likeness (QED) is 0.674. The van der Waals surface area contributed by atoms with E-state index in [-0.39, 0.29) is 12.1 Å². The van der Waals surface area contributed by atoms with E-state index in [0.29, 0.717) is 22.7 Å². The van der Waals surface area contributed by atoms with Gasteiger partial charge in [-0.05, 0) is 37.6 Å². The second kappa shape index (κ2) is 6.61. The highest BCUT2D eigenvalue weighted by molar-refractivity contribution is 7.18. The predicted molar refractivity (Wildman–Crippen MR) is 101 cm³/mol. The fourth-order valence-electron chi connectivity index (χ4n) is 2.76. The van der Waals surface area contributed by atoms with Gasteiger partial charge in [0, 0.05) is 10.4 Å². The number of thiophene rings is 1. The Morgan fingerprint density at radius 1 is 1.24 bits per heavy atom. The molecule has 0 fully saturated rings. The first kappa shape index (κ1) is 17.1. The number of ether oxygens (including phenoxy) is 2. The molecule has 128 valence electrons. The molecule has 0 N–H and O–H groups in total. The van der Waals surface area contributed by atoms with Gasteiger partial charge in [-0.3, -0.25) is 9.36 Å². The lowest BCUT2D eigenvalue weighted by atomic mass is 10.1. The van der Waals surface area contributed by atoms with Crippen molar-refractivity contribution in [2.75, 3.05) is 14.2 Å². The van der Waals surface area contributed by atoms with E-state index >= 15 is 0 Å². The Morgan fingerprint density at radius 2 is 1.96 bits per heavy atom. The standard InChI is InChI=1S/C19H18N2O3S/c1-6-9-21-17(13-7-8-14(23-4)15(10-13)24-5)20-18-16(19(21)22)11(2)12(3)25-18/h1,7-8,10H,9H2,2-5H3. The molecule has 3 rings (SSSR count). The van der Waals surface area contributed by atoms with Gasteiger partial charge in [-0.1, -0.05) is 5.92 Å². The second-order valence-corrected chi connectivity index (χ2v) is 6.77. The first-order valence-electron chi connectivity index (χ1n) is 7.68. The van der Waals surface area contributed by atoms with Gasteiger partial charge < -0.3 is 9.47 Å². The third-order valence-corrected chi connectivity index (χ3v) is 5.28. The number of nitrogens with zero attached hydrogens (tertiary/aromatic N) is 2. The molecule has 0 aliphatic carbocycles. The lowest BCUT2D eigenvalue weighted by molar-refractivity contribution is 0.355. The van der Waals surface area contributed by atoms with Crippen molar-refractivity contribution in [1.82, 2.24) is 9.55 Å². The molecule has 0 unspecified atom stereocenters. The third-order valence-electron chi connectivity index (χ3n) is 4.18. The molecule has 25 heavy (non-hydrogen) atoms. The number of hydrogen-bond acceptors (Lipinski definition) is 5. The summed E-state index contributed by atoms with van der Waals surface area (Å²) in [7, 11) is 3.14. The molecule has 3 aromatic rings. The van der Waals surface area contributed by atoms with Crippen LogP contribution in [0, 0.1) is 26.2 Å². The number of hydrogen-bond donors (Lipinski definition) is 0. The topological polar surface area (TPSA) is 53.4 Å². The van der Waals surface area contributed by atoms with Crippen LogP contribution in [0.5, 0.6) is 11.5 Å². The van der Waals surface area contributed by atoms with Crippen LogP contribution >= 0.6 is 11.3 Å². The number of methoxy groups -OCH3 is 2. The van der Waals surface area contributed by atoms with E-state index in [9.17, 15) is 4.79 Å². The molecule has 0 saturated heterocycles. The third kappa shape index (κ3) is 2.77. The largest absolute Gasteiger partial charge is 0.493 e. The highest BCUT2D eigenvalue weighted by atomic mass is 32.1. The van der Waals surface area contributed by atoms with Crippen LogP contribution in [0.3, 0.4) is 0 Å². The molecule has 6 heteroatoms. The van der Waals surface area contributed by atoms with Crippen molar-refractivity contribution in [3.63, 3.8) is 0 Å². The maximum Gasteiger partial charge on any atom is 0.263 e. The van der Waals surface area contributed by atoms with Gasteiger partial charge in [0.05, 0.1) is 26.2 Å². The fraction of sp³-hybridized carbons (Fsp3) is 0.263. The van der Waals surface area contributed by atoms with Gasteiger partial charge in [-0.2, -0.15) is 0 Å². The van der Waals surface area contributed by atoms with E-state index in [1.54, 1.807) is 26.4 Å². The molecule has 0 atom stereocenters. The summed E-state index contributed by atoms with van der Waals surface area (Å²) in [5, 5.41) is 0.641. The number of terminal acetylenes is 1. The fourth-order valence-corrected chi connectivity index (χ4v) is 3.78. The number of benzene rings is 1. The van der Waals surface area contributed by atoms with Crippen molar-refractivity contribution in [3.8, 4) is 35.2 Å². The maximum absolute atomic E-state index is 13.0. The van der Waals surface area contributed by atoms with Crippen LogP contribution in [-0.4, -0.2) is 23.8 Å². The van der Waals surface area contributed by atoms with E-state index in [1.165, 1.54) is 15.9 Å². The summed E-state index contributed by atoms with van der Waals surface area (Å²) in [6.07, 6.45) is 5.49. The minimum atomic E-state index is -0.116. The predicted octanol–water partition coefficient (Wildman–Crippen LogP) is 3.39. The summed E-state index contributed by atoms with van der Waals surface area (Å²) >= 11 is 1.51. The zero-order valence-electron chi connectivity index (χ0n) is 14.5. The van der Waals surface area contributed by atoms with E-state index in [2.05, 4.69) is 5.92 Å². The van der Waals surface area contributed by atoms with Gasteiger partial charge in [0.1, 0.15) is 10.7 Å². The molecule has 0 spiro atoms. The van der Waals surface area contributed by atoms with Crippen LogP contribution in [0.25, 0.3) is 21.6 Å². The van der Waals surface area contributed by atoms with Crippen LogP contribution in [0.1, 0.15) is 10.4 Å². The zero-order valence-corrected chi connectivity index (χ0v) is 15.4. The Labute approximate surface area is 149 Å². The molecule has 0 bridgehead atoms.